The number of hydrogen-bond acceptors (Lipinski definition) is 3. The Hall–Kier alpha value is -1.09. The quantitative estimate of drug-likeness (QED) is 0.878. The number of pyridine rings is 1. The van der Waals surface area contributed by atoms with E-state index in [-0.39, 0.29) is 0 Å². The van der Waals surface area contributed by atoms with Crippen LogP contribution in [-0.2, 0) is 0 Å². The third-order valence-corrected chi connectivity index (χ3v) is 3.95. The standard InChI is InChI=1S/C16H26N2O/c1-4-17-13(3)14-8-9-16(18-11-14)19-15-7-5-6-12(2)10-15/h8-9,11-13,15,17H,4-7,10H2,1-3H3. The molecule has 1 aliphatic carbocycles. The fourth-order valence-corrected chi connectivity index (χ4v) is 2.80. The van der Waals surface area contributed by atoms with Crippen LogP contribution in [0.5, 0.6) is 5.88 Å². The van der Waals surface area contributed by atoms with E-state index >= 15 is 0 Å². The van der Waals surface area contributed by atoms with Gasteiger partial charge < -0.3 is 10.1 Å². The predicted molar refractivity (Wildman–Crippen MR) is 78.4 cm³/mol. The summed E-state index contributed by atoms with van der Waals surface area (Å²) >= 11 is 0. The van der Waals surface area contributed by atoms with E-state index in [0.29, 0.717) is 12.1 Å². The van der Waals surface area contributed by atoms with Crippen LogP contribution in [0.4, 0.5) is 0 Å². The van der Waals surface area contributed by atoms with Crippen LogP contribution in [-0.4, -0.2) is 17.6 Å². The van der Waals surface area contributed by atoms with Crippen molar-refractivity contribution in [1.29, 1.82) is 0 Å². The van der Waals surface area contributed by atoms with Crippen LogP contribution in [0, 0.1) is 5.92 Å². The molecule has 1 saturated carbocycles. The van der Waals surface area contributed by atoms with Crippen molar-refractivity contribution in [2.24, 2.45) is 5.92 Å². The van der Waals surface area contributed by atoms with Gasteiger partial charge in [0.1, 0.15) is 6.10 Å². The average Bonchev–Trinajstić information content (AvgIpc) is 2.40. The van der Waals surface area contributed by atoms with E-state index in [4.69, 9.17) is 4.74 Å². The molecule has 0 aliphatic heterocycles. The Morgan fingerprint density at radius 3 is 2.89 bits per heavy atom. The molecule has 1 N–H and O–H groups in total. The minimum atomic E-state index is 0.348. The lowest BCUT2D eigenvalue weighted by atomic mass is 9.89. The minimum Gasteiger partial charge on any atom is -0.474 e. The maximum atomic E-state index is 5.99. The fraction of sp³-hybridized carbons (Fsp3) is 0.688. The van der Waals surface area contributed by atoms with Crippen LogP contribution in [0.15, 0.2) is 18.3 Å². The summed E-state index contributed by atoms with van der Waals surface area (Å²) in [6, 6.07) is 4.46. The monoisotopic (exact) mass is 262 g/mol. The molecule has 0 amide bonds. The Morgan fingerprint density at radius 1 is 1.42 bits per heavy atom. The maximum Gasteiger partial charge on any atom is 0.213 e. The maximum absolute atomic E-state index is 5.99. The number of ether oxygens (including phenoxy) is 1. The number of aromatic nitrogens is 1. The lowest BCUT2D eigenvalue weighted by Crippen LogP contribution is -2.24. The summed E-state index contributed by atoms with van der Waals surface area (Å²) in [6.45, 7) is 7.55. The Labute approximate surface area is 116 Å². The van der Waals surface area contributed by atoms with Crippen molar-refractivity contribution >= 4 is 0 Å². The zero-order chi connectivity index (χ0) is 13.7. The summed E-state index contributed by atoms with van der Waals surface area (Å²) in [5.41, 5.74) is 1.21. The molecule has 0 radical (unpaired) electrons. The van der Waals surface area contributed by atoms with Crippen LogP contribution in [0.1, 0.15) is 58.1 Å². The van der Waals surface area contributed by atoms with Crippen molar-refractivity contribution in [3.05, 3.63) is 23.9 Å². The van der Waals surface area contributed by atoms with E-state index < -0.39 is 0 Å². The SMILES string of the molecule is CCNC(C)c1ccc(OC2CCCC(C)C2)nc1. The van der Waals surface area contributed by atoms with E-state index in [1.165, 1.54) is 24.8 Å². The molecule has 0 bridgehead atoms. The highest BCUT2D eigenvalue weighted by atomic mass is 16.5. The molecular formula is C16H26N2O. The molecule has 1 aliphatic rings. The molecule has 0 spiro atoms. The van der Waals surface area contributed by atoms with Gasteiger partial charge in [0.25, 0.3) is 0 Å². The molecule has 1 aromatic heterocycles. The summed E-state index contributed by atoms with van der Waals surface area (Å²) in [6.07, 6.45) is 7.23. The molecule has 1 aromatic rings. The first kappa shape index (κ1) is 14.3. The third-order valence-electron chi connectivity index (χ3n) is 3.95. The van der Waals surface area contributed by atoms with Crippen molar-refractivity contribution in [2.75, 3.05) is 6.54 Å². The first-order valence-electron chi connectivity index (χ1n) is 7.55. The van der Waals surface area contributed by atoms with Crippen LogP contribution < -0.4 is 10.1 Å². The highest BCUT2D eigenvalue weighted by Gasteiger charge is 2.20. The molecule has 106 valence electrons. The van der Waals surface area contributed by atoms with Crippen molar-refractivity contribution in [3.8, 4) is 5.88 Å². The van der Waals surface area contributed by atoms with Crippen LogP contribution in [0.25, 0.3) is 0 Å². The average molecular weight is 262 g/mol. The number of nitrogens with one attached hydrogen (secondary N) is 1. The fourth-order valence-electron chi connectivity index (χ4n) is 2.80. The van der Waals surface area contributed by atoms with Gasteiger partial charge in [-0.3, -0.25) is 0 Å². The van der Waals surface area contributed by atoms with Gasteiger partial charge in [-0.1, -0.05) is 26.3 Å². The van der Waals surface area contributed by atoms with E-state index in [1.807, 2.05) is 12.3 Å². The van der Waals surface area contributed by atoms with Crippen molar-refractivity contribution in [3.63, 3.8) is 0 Å². The Kier molecular flexibility index (Phi) is 5.20. The van der Waals surface area contributed by atoms with Gasteiger partial charge in [-0.05, 0) is 44.2 Å². The highest BCUT2D eigenvalue weighted by molar-refractivity contribution is 5.20. The summed E-state index contributed by atoms with van der Waals surface area (Å²) < 4.78 is 5.99. The third kappa shape index (κ3) is 4.20. The smallest absolute Gasteiger partial charge is 0.213 e. The van der Waals surface area contributed by atoms with Gasteiger partial charge in [-0.25, -0.2) is 4.98 Å². The summed E-state index contributed by atoms with van der Waals surface area (Å²) in [5.74, 6) is 1.55. The largest absolute Gasteiger partial charge is 0.474 e. The van der Waals surface area contributed by atoms with Gasteiger partial charge in [0.2, 0.25) is 5.88 Å². The molecule has 2 rings (SSSR count). The Morgan fingerprint density at radius 2 is 2.26 bits per heavy atom. The molecule has 1 heterocycles. The summed E-state index contributed by atoms with van der Waals surface area (Å²) in [7, 11) is 0. The number of rotatable bonds is 5. The van der Waals surface area contributed by atoms with Crippen molar-refractivity contribution in [1.82, 2.24) is 10.3 Å². The second kappa shape index (κ2) is 6.90. The van der Waals surface area contributed by atoms with E-state index in [2.05, 4.69) is 37.1 Å². The second-order valence-electron chi connectivity index (χ2n) is 5.72. The van der Waals surface area contributed by atoms with Gasteiger partial charge in [-0.2, -0.15) is 0 Å². The minimum absolute atomic E-state index is 0.348. The molecule has 3 heteroatoms. The van der Waals surface area contributed by atoms with E-state index in [1.54, 1.807) is 0 Å². The Balaban J connectivity index is 1.91. The van der Waals surface area contributed by atoms with Crippen LogP contribution >= 0.6 is 0 Å². The van der Waals surface area contributed by atoms with E-state index in [9.17, 15) is 0 Å². The van der Waals surface area contributed by atoms with Crippen molar-refractivity contribution in [2.45, 2.75) is 58.6 Å². The topological polar surface area (TPSA) is 34.1 Å². The van der Waals surface area contributed by atoms with Gasteiger partial charge in [0.15, 0.2) is 0 Å². The molecule has 3 unspecified atom stereocenters. The lowest BCUT2D eigenvalue weighted by Gasteiger charge is -2.27. The van der Waals surface area contributed by atoms with Crippen LogP contribution in [0.3, 0.4) is 0 Å². The summed E-state index contributed by atoms with van der Waals surface area (Å²) in [4.78, 5) is 4.44. The number of nitrogens with zero attached hydrogens (tertiary/aromatic N) is 1. The van der Waals surface area contributed by atoms with Gasteiger partial charge in [0.05, 0.1) is 0 Å². The zero-order valence-electron chi connectivity index (χ0n) is 12.4. The number of hydrogen-bond donors (Lipinski definition) is 1. The molecular weight excluding hydrogens is 236 g/mol. The Bertz CT molecular complexity index is 377. The van der Waals surface area contributed by atoms with Crippen molar-refractivity contribution < 1.29 is 4.74 Å². The first-order chi connectivity index (χ1) is 9.19. The molecule has 19 heavy (non-hydrogen) atoms. The molecule has 3 nitrogen and oxygen atoms in total. The van der Waals surface area contributed by atoms with Gasteiger partial charge in [0, 0.05) is 18.3 Å². The second-order valence-corrected chi connectivity index (χ2v) is 5.72. The molecule has 3 atom stereocenters. The molecule has 0 saturated heterocycles. The molecule has 1 fully saturated rings. The first-order valence-corrected chi connectivity index (χ1v) is 7.55. The van der Waals surface area contributed by atoms with Gasteiger partial charge >= 0.3 is 0 Å². The summed E-state index contributed by atoms with van der Waals surface area (Å²) in [5, 5.41) is 3.39. The zero-order valence-corrected chi connectivity index (χ0v) is 12.4. The molecule has 0 aromatic carbocycles. The normalized spacial score (nSPS) is 25.0. The van der Waals surface area contributed by atoms with E-state index in [0.717, 1.165) is 24.8 Å². The van der Waals surface area contributed by atoms with Gasteiger partial charge in [-0.15, -0.1) is 0 Å². The predicted octanol–water partition coefficient (Wildman–Crippen LogP) is 3.71. The highest BCUT2D eigenvalue weighted by Crippen LogP contribution is 2.27. The lowest BCUT2D eigenvalue weighted by molar-refractivity contribution is 0.124. The van der Waals surface area contributed by atoms with Crippen LogP contribution in [0.2, 0.25) is 0 Å².